The van der Waals surface area contributed by atoms with E-state index < -0.39 is 35.5 Å². The quantitative estimate of drug-likeness (QED) is 0.0573. The van der Waals surface area contributed by atoms with Gasteiger partial charge in [-0.05, 0) is 133 Å². The van der Waals surface area contributed by atoms with E-state index in [-0.39, 0.29) is 63.4 Å². The predicted molar refractivity (Wildman–Crippen MR) is 316 cm³/mol. The summed E-state index contributed by atoms with van der Waals surface area (Å²) >= 11 is 0. The molecule has 0 aliphatic carbocycles. The maximum Gasteiger partial charge on any atom is 0.326 e. The third-order valence-electron chi connectivity index (χ3n) is 13.8. The fraction of sp³-hybridized carbons (Fsp3) is 0.0526. The van der Waals surface area contributed by atoms with Gasteiger partial charge in [0.1, 0.15) is 34.5 Å². The molecule has 6 heterocycles. The molecule has 29 heteroatoms. The second kappa shape index (κ2) is 21.7. The summed E-state index contributed by atoms with van der Waals surface area (Å²) in [5, 5.41) is 64.1. The third kappa shape index (κ3) is 10.4. The fourth-order valence-corrected chi connectivity index (χ4v) is 9.76. The highest BCUT2D eigenvalue weighted by molar-refractivity contribution is 6.05. The van der Waals surface area contributed by atoms with Gasteiger partial charge in [0, 0.05) is 34.1 Å². The fourth-order valence-electron chi connectivity index (χ4n) is 9.76. The van der Waals surface area contributed by atoms with E-state index in [9.17, 15) is 24.0 Å². The number of fused-ring (bicyclic) bond motifs is 3. The van der Waals surface area contributed by atoms with Crippen molar-refractivity contribution in [1.29, 1.82) is 5.26 Å². The van der Waals surface area contributed by atoms with E-state index in [2.05, 4.69) is 93.0 Å². The molecule has 26 nitrogen and oxygen atoms in total. The molecule has 0 saturated heterocycles. The van der Waals surface area contributed by atoms with Crippen molar-refractivity contribution in [3.8, 4) is 62.1 Å². The summed E-state index contributed by atoms with van der Waals surface area (Å²) in [6.07, 6.45) is 4.26. The van der Waals surface area contributed by atoms with Gasteiger partial charge in [-0.2, -0.15) is 15.5 Å². The zero-order valence-electron chi connectivity index (χ0n) is 44.9. The summed E-state index contributed by atoms with van der Waals surface area (Å²) < 4.78 is 48.0. The standard InChI is InChI=1S/C57H42F3N23O3/c1-24-11-41(37(58)16-29(24)20-61)68-55(84)67-31-9-7-27(8-10-31)35-15-30(23-83-49(35)52(64)79-82-83)34-19-39(60)43(13-26(34)3)70-57(86)72-54-66-21-45(75-81-54)36-14-28(17-44-48(36)51(63)78-74-44)33-18-38(59)42(12-25(33)2)69-56(85)71-46-22-65-53(80-76-46)32-5-4-6-40-47(32)50(62)77-73-40/h4-19,21-23H,64H2,1-3H3,(H3,62,73,77)(H3,63,74,78)(H2,67,68,84)(H2,69,71,76,85)(H2,66,70,72,81,86). The van der Waals surface area contributed by atoms with E-state index in [4.69, 9.17) is 17.2 Å². The predicted octanol–water partition coefficient (Wildman–Crippen LogP) is 10.1. The molecule has 0 atom stereocenters. The summed E-state index contributed by atoms with van der Waals surface area (Å²) in [4.78, 5) is 47.8. The van der Waals surface area contributed by atoms with Crippen molar-refractivity contribution in [2.75, 3.05) is 49.1 Å². The van der Waals surface area contributed by atoms with E-state index in [1.54, 1.807) is 87.6 Å². The maximum atomic E-state index is 16.0. The Bertz CT molecular complexity index is 4790. The number of aromatic nitrogens is 13. The van der Waals surface area contributed by atoms with Crippen LogP contribution in [0.3, 0.4) is 0 Å². The van der Waals surface area contributed by atoms with Gasteiger partial charge in [0.25, 0.3) is 5.95 Å². The Hall–Kier alpha value is -12.6. The summed E-state index contributed by atoms with van der Waals surface area (Å²) in [6.45, 7) is 5.08. The Morgan fingerprint density at radius 2 is 1.23 bits per heavy atom. The van der Waals surface area contributed by atoms with Crippen LogP contribution in [0.1, 0.15) is 22.3 Å². The molecular weight excluding hydrogens is 1110 g/mol. The summed E-state index contributed by atoms with van der Waals surface area (Å²) in [5.74, 6) is -1.73. The summed E-state index contributed by atoms with van der Waals surface area (Å²) in [7, 11) is 0. The van der Waals surface area contributed by atoms with Gasteiger partial charge in [0.2, 0.25) is 0 Å². The van der Waals surface area contributed by atoms with Gasteiger partial charge in [-0.25, -0.2) is 42.0 Å². The lowest BCUT2D eigenvalue weighted by Crippen LogP contribution is -2.22. The van der Waals surface area contributed by atoms with E-state index in [1.807, 2.05) is 6.07 Å². The van der Waals surface area contributed by atoms with Gasteiger partial charge in [0.05, 0.1) is 62.9 Å². The first-order chi connectivity index (χ1) is 41.4. The zero-order valence-corrected chi connectivity index (χ0v) is 44.9. The molecule has 12 aromatic rings. The van der Waals surface area contributed by atoms with Crippen LogP contribution in [0.15, 0.2) is 116 Å². The molecule has 0 bridgehead atoms. The van der Waals surface area contributed by atoms with Crippen LogP contribution >= 0.6 is 0 Å². The first kappa shape index (κ1) is 54.0. The van der Waals surface area contributed by atoms with Crippen LogP contribution in [-0.2, 0) is 0 Å². The molecule has 12 rings (SSSR count). The van der Waals surface area contributed by atoms with Crippen molar-refractivity contribution in [2.24, 2.45) is 0 Å². The number of nitrogens with one attached hydrogen (secondary N) is 8. The largest absolute Gasteiger partial charge is 0.384 e. The first-order valence-corrected chi connectivity index (χ1v) is 25.7. The minimum Gasteiger partial charge on any atom is -0.384 e. The van der Waals surface area contributed by atoms with Crippen LogP contribution in [0.5, 0.6) is 0 Å². The Morgan fingerprint density at radius 3 is 1.91 bits per heavy atom. The number of carbonyl (C=O) groups is 3. The monoisotopic (exact) mass is 1150 g/mol. The van der Waals surface area contributed by atoms with Crippen molar-refractivity contribution < 1.29 is 27.6 Å². The van der Waals surface area contributed by atoms with Gasteiger partial charge in [-0.15, -0.1) is 25.5 Å². The van der Waals surface area contributed by atoms with Crippen LogP contribution in [0.25, 0.3) is 83.3 Å². The number of urea groups is 3. The molecule has 6 aromatic carbocycles. The van der Waals surface area contributed by atoms with E-state index in [0.717, 1.165) is 6.07 Å². The van der Waals surface area contributed by atoms with Crippen molar-refractivity contribution in [1.82, 2.24) is 65.6 Å². The Morgan fingerprint density at radius 1 is 0.570 bits per heavy atom. The van der Waals surface area contributed by atoms with E-state index >= 15 is 8.78 Å². The maximum absolute atomic E-state index is 16.0. The zero-order chi connectivity index (χ0) is 60.1. The molecule has 0 aliphatic rings. The number of H-pyrrole nitrogens is 2. The van der Waals surface area contributed by atoms with Gasteiger partial charge in [-0.3, -0.25) is 20.8 Å². The topological polar surface area (TPSA) is 390 Å². The minimum absolute atomic E-state index is 0.00409. The first-order valence-electron chi connectivity index (χ1n) is 25.7. The normalized spacial score (nSPS) is 11.2. The molecule has 0 fully saturated rings. The van der Waals surface area contributed by atoms with Gasteiger partial charge in [-0.1, -0.05) is 29.5 Å². The SMILES string of the molecule is Cc1cc(NC(=O)Nc2ccc(-c3cc(-c4cc(F)c(NC(=O)Nc5ncc(-c6cc(-c7cc(F)c(NC(=O)Nc8cnc(-c9cccc%10[nH]nc(N)c9%10)nn8)cc7C)cc7n[nH]c(N)c67)nn5)cc4C)cn4nnc(N)c34)cc2)c(F)cc1C#N. The molecule has 6 aromatic heterocycles. The number of aromatic amines is 2. The van der Waals surface area contributed by atoms with Crippen LogP contribution in [0.2, 0.25) is 0 Å². The van der Waals surface area contributed by atoms with Crippen molar-refractivity contribution in [3.63, 3.8) is 0 Å². The van der Waals surface area contributed by atoms with Crippen molar-refractivity contribution >= 4 is 97.4 Å². The molecule has 14 N–H and O–H groups in total. The lowest BCUT2D eigenvalue weighted by molar-refractivity contribution is 0.261. The molecule has 0 unspecified atom stereocenters. The van der Waals surface area contributed by atoms with Crippen molar-refractivity contribution in [3.05, 3.63) is 155 Å². The van der Waals surface area contributed by atoms with Crippen LogP contribution in [0.4, 0.5) is 79.5 Å². The number of carbonyl (C=O) groups excluding carboxylic acids is 3. The molecule has 0 radical (unpaired) electrons. The number of benzene rings is 6. The molecule has 0 saturated carbocycles. The minimum atomic E-state index is -0.887. The highest BCUT2D eigenvalue weighted by atomic mass is 19.1. The third-order valence-corrected chi connectivity index (χ3v) is 13.8. The summed E-state index contributed by atoms with van der Waals surface area (Å²) in [5.41, 5.74) is 26.2. The number of nitrogens with two attached hydrogens (primary N) is 3. The number of nitrogen functional groups attached to an aromatic ring is 3. The number of nitrogens with zero attached hydrogens (tertiary/aromatic N) is 12. The Labute approximate surface area is 481 Å². The molecule has 0 aliphatic heterocycles. The smallest absolute Gasteiger partial charge is 0.326 e. The highest BCUT2D eigenvalue weighted by Crippen LogP contribution is 2.39. The Balaban J connectivity index is 0.713. The van der Waals surface area contributed by atoms with Gasteiger partial charge >= 0.3 is 18.1 Å². The average Bonchev–Trinajstić information content (AvgIpc) is 2.00. The Kier molecular flexibility index (Phi) is 13.6. The molecular formula is C57H42F3N23O3. The number of rotatable bonds is 11. The second-order valence-electron chi connectivity index (χ2n) is 19.5. The van der Waals surface area contributed by atoms with E-state index in [1.165, 1.54) is 47.2 Å². The van der Waals surface area contributed by atoms with Crippen LogP contribution in [0, 0.1) is 49.6 Å². The number of nitriles is 1. The number of amides is 6. The number of hydrogen-bond acceptors (Lipinski definition) is 17. The number of halogens is 3. The van der Waals surface area contributed by atoms with Gasteiger partial charge < -0.3 is 38.5 Å². The molecule has 0 spiro atoms. The number of pyridine rings is 1. The van der Waals surface area contributed by atoms with Crippen molar-refractivity contribution in [2.45, 2.75) is 20.8 Å². The van der Waals surface area contributed by atoms with E-state index in [0.29, 0.717) is 94.2 Å². The van der Waals surface area contributed by atoms with Crippen LogP contribution < -0.4 is 49.1 Å². The number of hydrogen-bond donors (Lipinski definition) is 11. The number of anilines is 9. The second-order valence-corrected chi connectivity index (χ2v) is 19.5. The lowest BCUT2D eigenvalue weighted by Gasteiger charge is -2.14. The molecule has 86 heavy (non-hydrogen) atoms. The highest BCUT2D eigenvalue weighted by Gasteiger charge is 2.22. The molecule has 6 amide bonds. The number of aryl methyl sites for hydroxylation is 3. The summed E-state index contributed by atoms with van der Waals surface area (Å²) in [6, 6.07) is 24.5. The average molecular weight is 1150 g/mol. The molecule has 424 valence electrons. The van der Waals surface area contributed by atoms with Gasteiger partial charge in [0.15, 0.2) is 23.3 Å². The lowest BCUT2D eigenvalue weighted by atomic mass is 9.95. The van der Waals surface area contributed by atoms with Crippen LogP contribution in [-0.4, -0.2) is 83.7 Å².